The molecule has 52 heavy (non-hydrogen) atoms. The zero-order chi connectivity index (χ0) is 37.7. The van der Waals surface area contributed by atoms with E-state index < -0.39 is 38.4 Å². The van der Waals surface area contributed by atoms with Crippen LogP contribution in [0.1, 0.15) is 39.5 Å². The summed E-state index contributed by atoms with van der Waals surface area (Å²) in [7, 11) is -7.40. The molecular formula is C28H50N14O8P2. The van der Waals surface area contributed by atoms with Gasteiger partial charge in [0.25, 0.3) is 26.2 Å². The molecule has 0 saturated heterocycles. The molecule has 0 aliphatic carbocycles. The fraction of sp³-hybridized carbons (Fsp3) is 0.643. The van der Waals surface area contributed by atoms with Crippen LogP contribution in [-0.2, 0) is 31.7 Å². The van der Waals surface area contributed by atoms with Gasteiger partial charge < -0.3 is 50.5 Å². The summed E-state index contributed by atoms with van der Waals surface area (Å²) in [5.41, 5.74) is 11.3. The molecule has 0 spiro atoms. The second kappa shape index (κ2) is 19.5. The molecule has 0 radical (unpaired) electrons. The number of unbranched alkanes of at least 4 members (excludes halogenated alkanes) is 1. The summed E-state index contributed by atoms with van der Waals surface area (Å²) >= 11 is 0. The Morgan fingerprint density at radius 3 is 1.50 bits per heavy atom. The summed E-state index contributed by atoms with van der Waals surface area (Å²) in [6.45, 7) is 7.69. The largest absolute Gasteiger partial charge is 0.369 e. The molecule has 0 aliphatic heterocycles. The number of aromatic amines is 2. The van der Waals surface area contributed by atoms with E-state index in [1.165, 1.54) is 12.7 Å². The number of imidazole rings is 2. The molecule has 0 bridgehead atoms. The fourth-order valence-corrected chi connectivity index (χ4v) is 7.21. The first-order valence-corrected chi connectivity index (χ1v) is 20.6. The Morgan fingerprint density at radius 2 is 1.10 bits per heavy atom. The van der Waals surface area contributed by atoms with Crippen molar-refractivity contribution in [3.8, 4) is 0 Å². The predicted molar refractivity (Wildman–Crippen MR) is 196 cm³/mol. The van der Waals surface area contributed by atoms with Crippen LogP contribution in [0.4, 0.5) is 11.9 Å². The summed E-state index contributed by atoms with van der Waals surface area (Å²) in [5, 5.41) is 12.0. The average Bonchev–Trinajstić information content (AvgIpc) is 3.67. The Morgan fingerprint density at radius 1 is 0.712 bits per heavy atom. The van der Waals surface area contributed by atoms with Gasteiger partial charge in [0.15, 0.2) is 22.3 Å². The van der Waals surface area contributed by atoms with E-state index in [2.05, 4.69) is 50.7 Å². The number of nitrogens with two attached hydrogens (primary N) is 2. The van der Waals surface area contributed by atoms with Crippen molar-refractivity contribution in [3.05, 3.63) is 33.4 Å². The van der Waals surface area contributed by atoms with Gasteiger partial charge in [0.05, 0.1) is 38.0 Å². The van der Waals surface area contributed by atoms with E-state index in [9.17, 15) is 28.5 Å². The molecule has 290 valence electrons. The van der Waals surface area contributed by atoms with E-state index in [-0.39, 0.29) is 48.7 Å². The minimum absolute atomic E-state index is 0.0277. The Labute approximate surface area is 298 Å². The second-order valence-corrected chi connectivity index (χ2v) is 16.3. The number of nitrogen functional groups attached to an aromatic ring is 2. The molecule has 4 aromatic heterocycles. The van der Waals surface area contributed by atoms with Crippen molar-refractivity contribution < 1.29 is 28.4 Å². The van der Waals surface area contributed by atoms with E-state index in [4.69, 9.17) is 20.9 Å². The van der Waals surface area contributed by atoms with Crippen LogP contribution in [0, 0.1) is 0 Å². The standard InChI is InChI=1S/C28H50N14O8P2/c1-19(13-41-15-33-21-23(41)37-27(29)39-25(21)43)49-17-51(45,46)35-11-5-9-31-7-3-4-8-32-10-6-12-36-52(47,48)18-50-20(2)14-42-16-34-22-24(42)38-28(30)40-26(22)44/h15-16,19-20,31-32H,3-14,17-18H2,1-2H3,(H2,35,45,46)(H2,36,47,48)(H3,29,37,39,43)(H3,30,38,40,44). The smallest absolute Gasteiger partial charge is 0.292 e. The maximum Gasteiger partial charge on any atom is 0.292 e. The molecule has 22 nitrogen and oxygen atoms in total. The van der Waals surface area contributed by atoms with Gasteiger partial charge in [-0.2, -0.15) is 9.97 Å². The molecule has 12 N–H and O–H groups in total. The summed E-state index contributed by atoms with van der Waals surface area (Å²) < 4.78 is 39.3. The second-order valence-electron chi connectivity index (χ2n) is 12.4. The molecule has 4 heterocycles. The molecule has 24 heteroatoms. The SMILES string of the molecule is CC(Cn1cnc2c(=O)[nH]c(N)nc21)OCP(=O)(O)NCCCNCCCCNCCCNP(=O)(O)COC(C)Cn1cnc2c(=O)[nH]c(N)nc21. The number of rotatable bonds is 25. The number of hydrogen-bond acceptors (Lipinski definition) is 14. The average molecular weight is 773 g/mol. The van der Waals surface area contributed by atoms with Crippen molar-refractivity contribution in [1.29, 1.82) is 0 Å². The Kier molecular flexibility index (Phi) is 15.4. The maximum atomic E-state index is 12.5. The highest BCUT2D eigenvalue weighted by Crippen LogP contribution is 2.36. The highest BCUT2D eigenvalue weighted by atomic mass is 31.2. The normalized spacial score (nSPS) is 15.5. The van der Waals surface area contributed by atoms with Crippen LogP contribution in [0.2, 0.25) is 0 Å². The van der Waals surface area contributed by atoms with Gasteiger partial charge in [0.2, 0.25) is 11.9 Å². The van der Waals surface area contributed by atoms with Crippen LogP contribution < -0.4 is 43.4 Å². The van der Waals surface area contributed by atoms with Crippen molar-refractivity contribution in [1.82, 2.24) is 59.8 Å². The number of hydrogen-bond donors (Lipinski definition) is 10. The van der Waals surface area contributed by atoms with Gasteiger partial charge >= 0.3 is 0 Å². The zero-order valence-electron chi connectivity index (χ0n) is 29.3. The molecule has 4 atom stereocenters. The first-order chi connectivity index (χ1) is 24.7. The van der Waals surface area contributed by atoms with Gasteiger partial charge in [-0.1, -0.05) is 0 Å². The van der Waals surface area contributed by atoms with Crippen LogP contribution in [0.3, 0.4) is 0 Å². The van der Waals surface area contributed by atoms with Crippen LogP contribution in [0.5, 0.6) is 0 Å². The van der Waals surface area contributed by atoms with Gasteiger partial charge in [-0.25, -0.2) is 20.1 Å². The quantitative estimate of drug-likeness (QED) is 0.0298. The van der Waals surface area contributed by atoms with E-state index in [1.54, 1.807) is 23.0 Å². The number of aromatic nitrogens is 8. The van der Waals surface area contributed by atoms with Gasteiger partial charge in [0.1, 0.15) is 12.7 Å². The van der Waals surface area contributed by atoms with Crippen molar-refractivity contribution in [2.24, 2.45) is 0 Å². The topological polar surface area (TPSA) is 320 Å². The molecule has 0 fully saturated rings. The van der Waals surface area contributed by atoms with E-state index in [1.807, 2.05) is 0 Å². The van der Waals surface area contributed by atoms with Gasteiger partial charge in [-0.3, -0.25) is 28.7 Å². The Bertz CT molecular complexity index is 1810. The highest BCUT2D eigenvalue weighted by Gasteiger charge is 2.21. The molecule has 0 saturated carbocycles. The Hall–Kier alpha value is -3.56. The lowest BCUT2D eigenvalue weighted by Gasteiger charge is -2.18. The van der Waals surface area contributed by atoms with Crippen molar-refractivity contribution in [2.75, 3.05) is 63.4 Å². The van der Waals surface area contributed by atoms with Gasteiger partial charge in [0, 0.05) is 13.1 Å². The van der Waals surface area contributed by atoms with Crippen LogP contribution in [-0.4, -0.2) is 113 Å². The zero-order valence-corrected chi connectivity index (χ0v) is 31.1. The first-order valence-electron chi connectivity index (χ1n) is 16.9. The van der Waals surface area contributed by atoms with Gasteiger partial charge in [-0.05, 0) is 65.7 Å². The third kappa shape index (κ3) is 13.1. The number of H-pyrrole nitrogens is 2. The number of ether oxygens (including phenoxy) is 2. The number of nitrogens with zero attached hydrogens (tertiary/aromatic N) is 6. The Balaban J connectivity index is 0.951. The van der Waals surface area contributed by atoms with Crippen molar-refractivity contribution >= 4 is 49.3 Å². The maximum absolute atomic E-state index is 12.5. The first kappa shape index (κ1) is 41.2. The highest BCUT2D eigenvalue weighted by molar-refractivity contribution is 7.55. The lowest BCUT2D eigenvalue weighted by molar-refractivity contribution is 0.0816. The summed E-state index contributed by atoms with van der Waals surface area (Å²) in [4.78, 5) is 65.4. The molecule has 0 amide bonds. The van der Waals surface area contributed by atoms with Crippen molar-refractivity contribution in [2.45, 2.75) is 64.8 Å². The third-order valence-corrected chi connectivity index (χ3v) is 10.1. The molecule has 0 aromatic carbocycles. The van der Waals surface area contributed by atoms with E-state index >= 15 is 0 Å². The molecule has 4 rings (SSSR count). The number of anilines is 2. The lowest BCUT2D eigenvalue weighted by atomic mass is 10.3. The molecular weight excluding hydrogens is 722 g/mol. The minimum Gasteiger partial charge on any atom is -0.369 e. The van der Waals surface area contributed by atoms with E-state index in [0.717, 1.165) is 25.9 Å². The summed E-state index contributed by atoms with van der Waals surface area (Å²) in [6, 6.07) is 0. The summed E-state index contributed by atoms with van der Waals surface area (Å²) in [5.74, 6) is -0.0555. The van der Waals surface area contributed by atoms with Crippen LogP contribution in [0.15, 0.2) is 22.2 Å². The molecule has 0 aliphatic rings. The fourth-order valence-electron chi connectivity index (χ4n) is 5.10. The van der Waals surface area contributed by atoms with Crippen LogP contribution in [0.25, 0.3) is 22.3 Å². The van der Waals surface area contributed by atoms with Crippen LogP contribution >= 0.6 is 15.0 Å². The van der Waals surface area contributed by atoms with Gasteiger partial charge in [-0.15, -0.1) is 0 Å². The van der Waals surface area contributed by atoms with E-state index in [0.29, 0.717) is 50.3 Å². The predicted octanol–water partition coefficient (Wildman–Crippen LogP) is -0.568. The monoisotopic (exact) mass is 772 g/mol. The minimum atomic E-state index is -3.70. The molecule has 4 aromatic rings. The summed E-state index contributed by atoms with van der Waals surface area (Å²) in [6.07, 6.45) is 4.46. The number of fused-ring (bicyclic) bond motifs is 2. The lowest BCUT2D eigenvalue weighted by Crippen LogP contribution is -2.25. The number of nitrogens with one attached hydrogen (secondary N) is 6. The molecule has 4 unspecified atom stereocenters. The third-order valence-electron chi connectivity index (χ3n) is 7.70. The van der Waals surface area contributed by atoms with Crippen molar-refractivity contribution in [3.63, 3.8) is 0 Å².